The highest BCUT2D eigenvalue weighted by atomic mass is 32.2. The van der Waals surface area contributed by atoms with Crippen molar-refractivity contribution in [2.24, 2.45) is 11.7 Å². The lowest BCUT2D eigenvalue weighted by Gasteiger charge is -2.22. The Bertz CT molecular complexity index is 329. The number of rotatable bonds is 6. The second-order valence-electron chi connectivity index (χ2n) is 4.68. The molecule has 0 aliphatic carbocycles. The van der Waals surface area contributed by atoms with E-state index in [4.69, 9.17) is 5.73 Å². The highest BCUT2D eigenvalue weighted by molar-refractivity contribution is 7.99. The fourth-order valence-electron chi connectivity index (χ4n) is 1.53. The molecule has 1 aromatic heterocycles. The van der Waals surface area contributed by atoms with Gasteiger partial charge in [-0.2, -0.15) is 0 Å². The van der Waals surface area contributed by atoms with Gasteiger partial charge in [0.1, 0.15) is 0 Å². The van der Waals surface area contributed by atoms with E-state index in [0.29, 0.717) is 11.1 Å². The molecule has 1 aromatic rings. The minimum Gasteiger partial charge on any atom is -0.395 e. The molecule has 0 aliphatic heterocycles. The molecule has 1 rings (SSSR count). The summed E-state index contributed by atoms with van der Waals surface area (Å²) in [6, 6.07) is -0.0325. The molecule has 3 N–H and O–H groups in total. The van der Waals surface area contributed by atoms with E-state index < -0.39 is 0 Å². The van der Waals surface area contributed by atoms with Crippen LogP contribution < -0.4 is 5.73 Å². The van der Waals surface area contributed by atoms with Crippen LogP contribution in [0.1, 0.15) is 25.8 Å². The number of aryl methyl sites for hydroxylation is 1. The molecule has 0 aliphatic rings. The van der Waals surface area contributed by atoms with Crippen LogP contribution in [-0.2, 0) is 0 Å². The summed E-state index contributed by atoms with van der Waals surface area (Å²) in [5, 5.41) is 10.0. The number of aliphatic hydroxyl groups excluding tert-OH is 1. The van der Waals surface area contributed by atoms with E-state index in [-0.39, 0.29) is 17.9 Å². The Kier molecular flexibility index (Phi) is 5.88. The first-order valence-electron chi connectivity index (χ1n) is 5.84. The van der Waals surface area contributed by atoms with E-state index in [1.54, 1.807) is 12.4 Å². The molecular weight excluding hydrogens is 234 g/mol. The first-order valence-corrected chi connectivity index (χ1v) is 6.72. The van der Waals surface area contributed by atoms with Crippen molar-refractivity contribution >= 4 is 11.8 Å². The second-order valence-corrected chi connectivity index (χ2v) is 5.88. The van der Waals surface area contributed by atoms with Crippen molar-refractivity contribution in [1.29, 1.82) is 0 Å². The van der Waals surface area contributed by atoms with Gasteiger partial charge in [-0.1, -0.05) is 25.6 Å². The minimum atomic E-state index is -0.0416. The van der Waals surface area contributed by atoms with Crippen molar-refractivity contribution in [2.75, 3.05) is 6.61 Å². The van der Waals surface area contributed by atoms with Crippen LogP contribution in [0.4, 0.5) is 0 Å². The average molecular weight is 255 g/mol. The highest BCUT2D eigenvalue weighted by Gasteiger charge is 2.20. The van der Waals surface area contributed by atoms with Crippen LogP contribution in [-0.4, -0.2) is 33.0 Å². The van der Waals surface area contributed by atoms with Crippen molar-refractivity contribution in [1.82, 2.24) is 9.97 Å². The summed E-state index contributed by atoms with van der Waals surface area (Å²) in [4.78, 5) is 8.43. The fraction of sp³-hybridized carbons (Fsp3) is 0.667. The van der Waals surface area contributed by atoms with E-state index in [0.717, 1.165) is 12.0 Å². The molecule has 0 aromatic carbocycles. The Labute approximate surface area is 107 Å². The Balaban J connectivity index is 2.59. The number of hydrogen-bond donors (Lipinski definition) is 2. The van der Waals surface area contributed by atoms with Gasteiger partial charge in [0.2, 0.25) is 0 Å². The minimum absolute atomic E-state index is 0.0325. The number of nitrogens with zero attached hydrogens (tertiary/aromatic N) is 2. The SMILES string of the molecule is Cc1cnc(SC(CO)C(N)CC(C)C)nc1. The van der Waals surface area contributed by atoms with Gasteiger partial charge in [-0.25, -0.2) is 9.97 Å². The first kappa shape index (κ1) is 14.4. The van der Waals surface area contributed by atoms with Gasteiger partial charge < -0.3 is 10.8 Å². The number of hydrogen-bond acceptors (Lipinski definition) is 5. The zero-order valence-electron chi connectivity index (χ0n) is 10.6. The van der Waals surface area contributed by atoms with Gasteiger partial charge in [-0.15, -0.1) is 0 Å². The molecule has 96 valence electrons. The molecule has 2 unspecified atom stereocenters. The van der Waals surface area contributed by atoms with Gasteiger partial charge >= 0.3 is 0 Å². The number of aliphatic hydroxyl groups is 1. The van der Waals surface area contributed by atoms with E-state index in [2.05, 4.69) is 23.8 Å². The van der Waals surface area contributed by atoms with Crippen molar-refractivity contribution in [3.63, 3.8) is 0 Å². The smallest absolute Gasteiger partial charge is 0.187 e. The molecule has 0 saturated carbocycles. The van der Waals surface area contributed by atoms with Crippen molar-refractivity contribution in [3.8, 4) is 0 Å². The van der Waals surface area contributed by atoms with Gasteiger partial charge in [-0.05, 0) is 24.8 Å². The summed E-state index contributed by atoms with van der Waals surface area (Å²) in [6.07, 6.45) is 4.44. The largest absolute Gasteiger partial charge is 0.395 e. The van der Waals surface area contributed by atoms with E-state index in [9.17, 15) is 5.11 Å². The van der Waals surface area contributed by atoms with E-state index in [1.165, 1.54) is 11.8 Å². The number of nitrogens with two attached hydrogens (primary N) is 1. The van der Waals surface area contributed by atoms with E-state index in [1.807, 2.05) is 6.92 Å². The molecule has 0 fully saturated rings. The van der Waals surface area contributed by atoms with Crippen LogP contribution in [0, 0.1) is 12.8 Å². The zero-order chi connectivity index (χ0) is 12.8. The maximum Gasteiger partial charge on any atom is 0.187 e. The third kappa shape index (κ3) is 5.02. The summed E-state index contributed by atoms with van der Waals surface area (Å²) < 4.78 is 0. The van der Waals surface area contributed by atoms with Gasteiger partial charge in [0.15, 0.2) is 5.16 Å². The fourth-order valence-corrected chi connectivity index (χ4v) is 2.39. The average Bonchev–Trinajstić information content (AvgIpc) is 2.27. The molecule has 0 spiro atoms. The molecule has 5 heteroatoms. The van der Waals surface area contributed by atoms with Crippen LogP contribution in [0.15, 0.2) is 17.6 Å². The van der Waals surface area contributed by atoms with Crippen molar-refractivity contribution in [3.05, 3.63) is 18.0 Å². The molecule has 0 bridgehead atoms. The standard InChI is InChI=1S/C12H21N3OS/c1-8(2)4-10(13)11(7-16)17-12-14-5-9(3)6-15-12/h5-6,8,10-11,16H,4,7,13H2,1-3H3. The van der Waals surface area contributed by atoms with Gasteiger partial charge in [0.25, 0.3) is 0 Å². The predicted octanol–water partition coefficient (Wildman–Crippen LogP) is 1.61. The number of aromatic nitrogens is 2. The quantitative estimate of drug-likeness (QED) is 0.597. The Morgan fingerprint density at radius 3 is 2.41 bits per heavy atom. The molecular formula is C12H21N3OS. The first-order chi connectivity index (χ1) is 8.02. The van der Waals surface area contributed by atoms with Crippen molar-refractivity contribution in [2.45, 2.75) is 43.6 Å². The molecule has 4 nitrogen and oxygen atoms in total. The summed E-state index contributed by atoms with van der Waals surface area (Å²) >= 11 is 1.45. The van der Waals surface area contributed by atoms with Crippen LogP contribution in [0.3, 0.4) is 0 Å². The Hall–Kier alpha value is -0.650. The maximum atomic E-state index is 9.37. The lowest BCUT2D eigenvalue weighted by molar-refractivity contribution is 0.274. The zero-order valence-corrected chi connectivity index (χ0v) is 11.4. The maximum absolute atomic E-state index is 9.37. The molecule has 0 saturated heterocycles. The van der Waals surface area contributed by atoms with Gasteiger partial charge in [0, 0.05) is 18.4 Å². The normalized spacial score (nSPS) is 14.9. The number of thioether (sulfide) groups is 1. The van der Waals surface area contributed by atoms with Crippen LogP contribution in [0.5, 0.6) is 0 Å². The third-order valence-corrected chi connectivity index (χ3v) is 3.64. The Morgan fingerprint density at radius 1 is 1.35 bits per heavy atom. The van der Waals surface area contributed by atoms with Crippen LogP contribution in [0.2, 0.25) is 0 Å². The second kappa shape index (κ2) is 6.93. The topological polar surface area (TPSA) is 72.0 Å². The monoisotopic (exact) mass is 255 g/mol. The lowest BCUT2D eigenvalue weighted by Crippen LogP contribution is -2.36. The predicted molar refractivity (Wildman–Crippen MR) is 70.9 cm³/mol. The highest BCUT2D eigenvalue weighted by Crippen LogP contribution is 2.23. The summed E-state index contributed by atoms with van der Waals surface area (Å²) in [5.41, 5.74) is 7.10. The van der Waals surface area contributed by atoms with Crippen molar-refractivity contribution < 1.29 is 5.11 Å². The summed E-state index contributed by atoms with van der Waals surface area (Å²) in [6.45, 7) is 6.25. The lowest BCUT2D eigenvalue weighted by atomic mass is 10.0. The van der Waals surface area contributed by atoms with E-state index >= 15 is 0 Å². The van der Waals surface area contributed by atoms with Crippen LogP contribution in [0.25, 0.3) is 0 Å². The van der Waals surface area contributed by atoms with Gasteiger partial charge in [-0.3, -0.25) is 0 Å². The summed E-state index contributed by atoms with van der Waals surface area (Å²) in [7, 11) is 0. The molecule has 0 radical (unpaired) electrons. The van der Waals surface area contributed by atoms with Crippen LogP contribution >= 0.6 is 11.8 Å². The molecule has 1 heterocycles. The third-order valence-electron chi connectivity index (χ3n) is 2.42. The van der Waals surface area contributed by atoms with Gasteiger partial charge in [0.05, 0.1) is 11.9 Å². The molecule has 17 heavy (non-hydrogen) atoms. The Morgan fingerprint density at radius 2 is 1.94 bits per heavy atom. The molecule has 0 amide bonds. The molecule has 2 atom stereocenters. The summed E-state index contributed by atoms with van der Waals surface area (Å²) in [5.74, 6) is 0.526.